The van der Waals surface area contributed by atoms with Crippen LogP contribution < -0.4 is 0 Å². The number of amides is 1. The molecule has 3 nitrogen and oxygen atoms in total. The lowest BCUT2D eigenvalue weighted by atomic mass is 9.63. The Morgan fingerprint density at radius 2 is 1.71 bits per heavy atom. The van der Waals surface area contributed by atoms with E-state index in [1.54, 1.807) is 11.3 Å². The van der Waals surface area contributed by atoms with Gasteiger partial charge < -0.3 is 4.90 Å². The van der Waals surface area contributed by atoms with Crippen molar-refractivity contribution in [2.45, 2.75) is 116 Å². The van der Waals surface area contributed by atoms with E-state index in [0.29, 0.717) is 11.8 Å². The van der Waals surface area contributed by atoms with Gasteiger partial charge in [-0.25, -0.2) is 4.98 Å². The minimum Gasteiger partial charge on any atom is -0.343 e. The Balaban J connectivity index is 1.34. The van der Waals surface area contributed by atoms with E-state index in [9.17, 15) is 4.79 Å². The van der Waals surface area contributed by atoms with Crippen LogP contribution in [0.25, 0.3) is 11.3 Å². The van der Waals surface area contributed by atoms with E-state index in [1.807, 2.05) is 0 Å². The van der Waals surface area contributed by atoms with E-state index < -0.39 is 0 Å². The predicted octanol–water partition coefficient (Wildman–Crippen LogP) is 8.47. The largest absolute Gasteiger partial charge is 0.343 e. The molecule has 1 aliphatic heterocycles. The summed E-state index contributed by atoms with van der Waals surface area (Å²) in [5.74, 6) is 1.60. The first kappa shape index (κ1) is 26.4. The molecule has 0 radical (unpaired) electrons. The number of benzene rings is 1. The van der Waals surface area contributed by atoms with Gasteiger partial charge in [0.1, 0.15) is 0 Å². The number of piperidine rings is 1. The van der Waals surface area contributed by atoms with Gasteiger partial charge in [-0.3, -0.25) is 4.79 Å². The highest BCUT2D eigenvalue weighted by Crippen LogP contribution is 2.47. The summed E-state index contributed by atoms with van der Waals surface area (Å²) in [7, 11) is 0. The van der Waals surface area contributed by atoms with Gasteiger partial charge >= 0.3 is 0 Å². The van der Waals surface area contributed by atoms with Crippen LogP contribution in [-0.2, 0) is 15.6 Å². The maximum atomic E-state index is 12.7. The fourth-order valence-corrected chi connectivity index (χ4v) is 6.90. The molecule has 0 saturated carbocycles. The summed E-state index contributed by atoms with van der Waals surface area (Å²) in [6.45, 7) is 15.8. The van der Waals surface area contributed by atoms with Gasteiger partial charge in [0.05, 0.1) is 10.7 Å². The zero-order valence-corrected chi connectivity index (χ0v) is 23.8. The molecule has 1 fully saturated rings. The molecule has 4 heteroatoms. The second-order valence-electron chi connectivity index (χ2n) is 12.7. The van der Waals surface area contributed by atoms with Crippen molar-refractivity contribution in [3.63, 3.8) is 0 Å². The number of fused-ring (bicyclic) bond motifs is 1. The van der Waals surface area contributed by atoms with Crippen LogP contribution in [0.15, 0.2) is 23.6 Å². The molecule has 2 aliphatic rings. The van der Waals surface area contributed by atoms with E-state index in [-0.39, 0.29) is 10.8 Å². The third kappa shape index (κ3) is 6.18. The first-order chi connectivity index (χ1) is 16.6. The summed E-state index contributed by atoms with van der Waals surface area (Å²) in [5, 5.41) is 3.49. The summed E-state index contributed by atoms with van der Waals surface area (Å²) in [4.78, 5) is 19.9. The average molecular weight is 495 g/mol. The van der Waals surface area contributed by atoms with Crippen molar-refractivity contribution in [2.75, 3.05) is 13.1 Å². The zero-order chi connectivity index (χ0) is 25.2. The number of hydrogen-bond donors (Lipinski definition) is 0. The number of unbranched alkanes of at least 4 members (excludes halogenated alkanes) is 2. The van der Waals surface area contributed by atoms with Crippen molar-refractivity contribution >= 4 is 17.2 Å². The second-order valence-corrected chi connectivity index (χ2v) is 13.6. The molecule has 0 atom stereocenters. The number of thiazole rings is 1. The van der Waals surface area contributed by atoms with Crippen LogP contribution in [0.3, 0.4) is 0 Å². The summed E-state index contributed by atoms with van der Waals surface area (Å²) in [5.41, 5.74) is 5.83. The monoisotopic (exact) mass is 494 g/mol. The maximum Gasteiger partial charge on any atom is 0.222 e. The summed E-state index contributed by atoms with van der Waals surface area (Å²) < 4.78 is 0. The van der Waals surface area contributed by atoms with Crippen LogP contribution in [0, 0.1) is 5.92 Å². The molecular weight excluding hydrogens is 448 g/mol. The Kier molecular flexibility index (Phi) is 8.10. The number of hydrogen-bond acceptors (Lipinski definition) is 3. The van der Waals surface area contributed by atoms with Gasteiger partial charge in [-0.1, -0.05) is 72.9 Å². The van der Waals surface area contributed by atoms with Gasteiger partial charge in [-0.15, -0.1) is 11.3 Å². The van der Waals surface area contributed by atoms with Gasteiger partial charge in [-0.2, -0.15) is 0 Å². The number of rotatable bonds is 8. The van der Waals surface area contributed by atoms with Gasteiger partial charge in [0.2, 0.25) is 5.91 Å². The number of nitrogens with zero attached hydrogens (tertiary/aromatic N) is 2. The lowest BCUT2D eigenvalue weighted by molar-refractivity contribution is -0.132. The molecule has 0 unspecified atom stereocenters. The second kappa shape index (κ2) is 10.7. The molecule has 0 N–H and O–H groups in total. The quantitative estimate of drug-likeness (QED) is 0.345. The Bertz CT molecular complexity index is 1010. The number of carbonyl (C=O) groups excluding carboxylic acids is 1. The minimum absolute atomic E-state index is 0.216. The van der Waals surface area contributed by atoms with Crippen LogP contribution in [0.2, 0.25) is 0 Å². The topological polar surface area (TPSA) is 33.2 Å². The van der Waals surface area contributed by atoms with Crippen LogP contribution in [0.1, 0.15) is 121 Å². The Morgan fingerprint density at radius 1 is 1.03 bits per heavy atom. The molecule has 1 aromatic heterocycles. The van der Waals surface area contributed by atoms with E-state index in [4.69, 9.17) is 4.98 Å². The third-order valence-electron chi connectivity index (χ3n) is 8.54. The molecule has 2 aromatic rings. The Hall–Kier alpha value is -1.68. The molecular formula is C31H46N2OS. The van der Waals surface area contributed by atoms with Crippen molar-refractivity contribution < 1.29 is 4.79 Å². The van der Waals surface area contributed by atoms with Crippen LogP contribution in [0.4, 0.5) is 0 Å². The fourth-order valence-electron chi connectivity index (χ4n) is 5.90. The van der Waals surface area contributed by atoms with Crippen molar-refractivity contribution in [1.82, 2.24) is 9.88 Å². The van der Waals surface area contributed by atoms with Crippen LogP contribution in [-0.4, -0.2) is 28.9 Å². The molecule has 1 aliphatic carbocycles. The van der Waals surface area contributed by atoms with Crippen molar-refractivity contribution in [2.24, 2.45) is 5.92 Å². The van der Waals surface area contributed by atoms with E-state index in [2.05, 4.69) is 70.0 Å². The molecule has 35 heavy (non-hydrogen) atoms. The van der Waals surface area contributed by atoms with Crippen LogP contribution in [0.5, 0.6) is 0 Å². The lowest BCUT2D eigenvalue weighted by Crippen LogP contribution is -2.37. The Morgan fingerprint density at radius 3 is 2.40 bits per heavy atom. The van der Waals surface area contributed by atoms with E-state index in [0.717, 1.165) is 50.4 Å². The molecule has 2 heterocycles. The predicted molar refractivity (Wildman–Crippen MR) is 149 cm³/mol. The normalized spacial score (nSPS) is 19.7. The third-order valence-corrected chi connectivity index (χ3v) is 9.55. The Labute approximate surface area is 217 Å². The maximum absolute atomic E-state index is 12.7. The van der Waals surface area contributed by atoms with E-state index in [1.165, 1.54) is 53.8 Å². The lowest BCUT2D eigenvalue weighted by Gasteiger charge is -2.42. The van der Waals surface area contributed by atoms with E-state index >= 15 is 0 Å². The number of aromatic nitrogens is 1. The van der Waals surface area contributed by atoms with Gasteiger partial charge in [0.25, 0.3) is 0 Å². The van der Waals surface area contributed by atoms with Gasteiger partial charge in [0.15, 0.2) is 0 Å². The molecule has 1 aromatic carbocycles. The molecule has 0 spiro atoms. The molecule has 1 saturated heterocycles. The van der Waals surface area contributed by atoms with Gasteiger partial charge in [0, 0.05) is 36.4 Å². The van der Waals surface area contributed by atoms with Crippen molar-refractivity contribution in [3.05, 3.63) is 39.7 Å². The molecule has 1 amide bonds. The summed E-state index contributed by atoms with van der Waals surface area (Å²) in [6, 6.07) is 7.05. The highest BCUT2D eigenvalue weighted by atomic mass is 32.1. The van der Waals surface area contributed by atoms with Crippen LogP contribution >= 0.6 is 11.3 Å². The standard InChI is InChI=1S/C31H46N2OS/c1-22(2)10-8-7-9-11-28(34)33-18-14-23(15-19-33)29-32-27(21-35-29)24-12-13-25-26(20-24)31(5,6)17-16-30(25,3)4/h12-13,20-23H,7-11,14-19H2,1-6H3. The number of carbonyl (C=O) groups is 1. The summed E-state index contributed by atoms with van der Waals surface area (Å²) in [6.07, 6.45) is 10.0. The van der Waals surface area contributed by atoms with Crippen molar-refractivity contribution in [1.29, 1.82) is 0 Å². The smallest absolute Gasteiger partial charge is 0.222 e. The summed E-state index contributed by atoms with van der Waals surface area (Å²) >= 11 is 1.80. The minimum atomic E-state index is 0.216. The first-order valence-corrected chi connectivity index (χ1v) is 14.8. The first-order valence-electron chi connectivity index (χ1n) is 14.0. The molecule has 4 rings (SSSR count). The number of likely N-dealkylation sites (tertiary alicyclic amines) is 1. The molecule has 192 valence electrons. The molecule has 0 bridgehead atoms. The van der Waals surface area contributed by atoms with Gasteiger partial charge in [-0.05, 0) is 66.0 Å². The average Bonchev–Trinajstić information content (AvgIpc) is 3.32. The highest BCUT2D eigenvalue weighted by Gasteiger charge is 2.37. The highest BCUT2D eigenvalue weighted by molar-refractivity contribution is 7.10. The fraction of sp³-hybridized carbons (Fsp3) is 0.677. The van der Waals surface area contributed by atoms with Crippen molar-refractivity contribution in [3.8, 4) is 11.3 Å². The SMILES string of the molecule is CC(C)CCCCCC(=O)N1CCC(c2nc(-c3ccc4c(c3)C(C)(C)CCC4(C)C)cs2)CC1. The zero-order valence-electron chi connectivity index (χ0n) is 23.0.